The first-order valence-electron chi connectivity index (χ1n) is 8.99. The molecule has 0 fully saturated rings. The zero-order valence-corrected chi connectivity index (χ0v) is 17.7. The molecule has 1 N–H and O–H groups in total. The summed E-state index contributed by atoms with van der Waals surface area (Å²) in [7, 11) is 1.57. The zero-order chi connectivity index (χ0) is 21.4. The lowest BCUT2D eigenvalue weighted by atomic mass is 10.1. The monoisotopic (exact) mass is 436 g/mol. The van der Waals surface area contributed by atoms with Crippen molar-refractivity contribution in [2.24, 2.45) is 0 Å². The van der Waals surface area contributed by atoms with Crippen molar-refractivity contribution in [2.45, 2.75) is 19.8 Å². The number of likely N-dealkylation sites (N-methyl/N-ethyl adjacent to an activating group) is 1. The maximum Gasteiger partial charge on any atom is 0.243 e. The predicted molar refractivity (Wildman–Crippen MR) is 114 cm³/mol. The molecular weight excluding hydrogens is 415 g/mol. The Hall–Kier alpha value is -2.57. The minimum Gasteiger partial charge on any atom is -0.494 e. The fourth-order valence-electron chi connectivity index (χ4n) is 2.47. The number of rotatable bonds is 9. The molecule has 0 aromatic heterocycles. The van der Waals surface area contributed by atoms with Gasteiger partial charge in [-0.15, -0.1) is 0 Å². The van der Waals surface area contributed by atoms with Crippen LogP contribution < -0.4 is 10.1 Å². The van der Waals surface area contributed by atoms with Crippen LogP contribution in [0.4, 0.5) is 5.69 Å². The Morgan fingerprint density at radius 3 is 2.34 bits per heavy atom. The number of hydrogen-bond acceptors (Lipinski definition) is 4. The Bertz CT molecular complexity index is 885. The van der Waals surface area contributed by atoms with Crippen molar-refractivity contribution in [1.29, 1.82) is 0 Å². The van der Waals surface area contributed by atoms with Crippen molar-refractivity contribution in [3.05, 3.63) is 58.1 Å². The summed E-state index contributed by atoms with van der Waals surface area (Å²) in [6, 6.07) is 11.6. The second-order valence-corrected chi connectivity index (χ2v) is 7.27. The van der Waals surface area contributed by atoms with Crippen LogP contribution in [0.2, 0.25) is 10.0 Å². The van der Waals surface area contributed by atoms with Gasteiger partial charge in [-0.05, 0) is 55.8 Å². The van der Waals surface area contributed by atoms with E-state index in [0.717, 1.165) is 0 Å². The third kappa shape index (κ3) is 7.40. The van der Waals surface area contributed by atoms with E-state index in [-0.39, 0.29) is 30.6 Å². The van der Waals surface area contributed by atoms with E-state index in [2.05, 4.69) is 5.32 Å². The molecule has 0 bridgehead atoms. The number of carbonyl (C=O) groups is 3. The summed E-state index contributed by atoms with van der Waals surface area (Å²) in [5, 5.41) is 3.41. The second kappa shape index (κ2) is 10.8. The van der Waals surface area contributed by atoms with E-state index in [0.29, 0.717) is 40.1 Å². The Morgan fingerprint density at radius 1 is 1.03 bits per heavy atom. The Balaban J connectivity index is 1.70. The van der Waals surface area contributed by atoms with Gasteiger partial charge in [0.1, 0.15) is 5.75 Å². The van der Waals surface area contributed by atoms with Crippen LogP contribution in [-0.4, -0.2) is 42.7 Å². The summed E-state index contributed by atoms with van der Waals surface area (Å²) >= 11 is 11.8. The molecule has 2 aromatic rings. The number of nitrogens with zero attached hydrogens (tertiary/aromatic N) is 1. The molecule has 29 heavy (non-hydrogen) atoms. The minimum atomic E-state index is -0.332. The van der Waals surface area contributed by atoms with Crippen molar-refractivity contribution in [3.8, 4) is 5.75 Å². The number of carbonyl (C=O) groups excluding carboxylic acids is 3. The number of ether oxygens (including phenoxy) is 1. The van der Waals surface area contributed by atoms with Crippen molar-refractivity contribution < 1.29 is 19.1 Å². The molecule has 0 heterocycles. The van der Waals surface area contributed by atoms with Crippen molar-refractivity contribution in [3.63, 3.8) is 0 Å². The normalized spacial score (nSPS) is 10.3. The summed E-state index contributed by atoms with van der Waals surface area (Å²) < 4.78 is 5.57. The highest BCUT2D eigenvalue weighted by molar-refractivity contribution is 6.42. The highest BCUT2D eigenvalue weighted by atomic mass is 35.5. The number of amides is 2. The van der Waals surface area contributed by atoms with Crippen LogP contribution in [0.5, 0.6) is 5.75 Å². The van der Waals surface area contributed by atoms with Crippen LogP contribution in [-0.2, 0) is 9.59 Å². The van der Waals surface area contributed by atoms with E-state index in [1.807, 2.05) is 0 Å². The molecule has 0 aliphatic heterocycles. The van der Waals surface area contributed by atoms with E-state index in [9.17, 15) is 14.4 Å². The van der Waals surface area contributed by atoms with Crippen molar-refractivity contribution in [2.75, 3.05) is 25.5 Å². The Kier molecular flexibility index (Phi) is 8.49. The second-order valence-electron chi connectivity index (χ2n) is 6.46. The Labute approximate surface area is 179 Å². The minimum absolute atomic E-state index is 0.00613. The fraction of sp³-hybridized carbons (Fsp3) is 0.286. The van der Waals surface area contributed by atoms with E-state index in [1.165, 1.54) is 11.8 Å². The third-order valence-corrected chi connectivity index (χ3v) is 4.81. The molecule has 2 rings (SSSR count). The number of nitrogens with one attached hydrogen (secondary N) is 1. The molecule has 2 amide bonds. The molecule has 6 nitrogen and oxygen atoms in total. The maximum atomic E-state index is 12.2. The quantitative estimate of drug-likeness (QED) is 0.465. The van der Waals surface area contributed by atoms with Gasteiger partial charge in [-0.2, -0.15) is 0 Å². The van der Waals surface area contributed by atoms with E-state index in [4.69, 9.17) is 27.9 Å². The fourth-order valence-corrected chi connectivity index (χ4v) is 2.77. The van der Waals surface area contributed by atoms with Gasteiger partial charge in [-0.25, -0.2) is 0 Å². The standard InChI is InChI=1S/C21H22Cl2N2O4/c1-14(26)15-5-8-17(9-6-15)29-11-3-4-21(28)25(2)13-20(27)24-16-7-10-18(22)19(23)12-16/h5-10,12H,3-4,11,13H2,1-2H3,(H,24,27). The molecule has 0 saturated carbocycles. The van der Waals surface area contributed by atoms with Crippen LogP contribution in [0.3, 0.4) is 0 Å². The SMILES string of the molecule is CC(=O)c1ccc(OCCCC(=O)N(C)CC(=O)Nc2ccc(Cl)c(Cl)c2)cc1. The average Bonchev–Trinajstić information content (AvgIpc) is 2.68. The number of Topliss-reactive ketones (excluding diaryl/α,β-unsaturated/α-hetero) is 1. The molecule has 8 heteroatoms. The number of hydrogen-bond donors (Lipinski definition) is 1. The van der Waals surface area contributed by atoms with Gasteiger partial charge in [-0.3, -0.25) is 14.4 Å². The number of anilines is 1. The van der Waals surface area contributed by atoms with E-state index >= 15 is 0 Å². The number of ketones is 1. The van der Waals surface area contributed by atoms with Gasteiger partial charge in [0.15, 0.2) is 5.78 Å². The topological polar surface area (TPSA) is 75.7 Å². The molecule has 0 radical (unpaired) electrons. The maximum absolute atomic E-state index is 12.2. The van der Waals surface area contributed by atoms with E-state index in [1.54, 1.807) is 49.5 Å². The van der Waals surface area contributed by atoms with Gasteiger partial charge in [0, 0.05) is 24.7 Å². The number of halogens is 2. The lowest BCUT2D eigenvalue weighted by molar-refractivity contribution is -0.133. The molecule has 154 valence electrons. The van der Waals surface area contributed by atoms with Gasteiger partial charge in [0.05, 0.1) is 23.2 Å². The number of benzene rings is 2. The summed E-state index contributed by atoms with van der Waals surface area (Å²) in [5.74, 6) is 0.135. The smallest absolute Gasteiger partial charge is 0.243 e. The molecule has 0 aliphatic rings. The lowest BCUT2D eigenvalue weighted by Crippen LogP contribution is -2.34. The van der Waals surface area contributed by atoms with Crippen LogP contribution in [0.15, 0.2) is 42.5 Å². The largest absolute Gasteiger partial charge is 0.494 e. The van der Waals surface area contributed by atoms with Gasteiger partial charge < -0.3 is 15.0 Å². The molecular formula is C21H22Cl2N2O4. The Morgan fingerprint density at radius 2 is 1.72 bits per heavy atom. The first kappa shape index (κ1) is 22.7. The van der Waals surface area contributed by atoms with Gasteiger partial charge in [0.25, 0.3) is 0 Å². The molecule has 0 atom stereocenters. The third-order valence-electron chi connectivity index (χ3n) is 4.07. The first-order valence-corrected chi connectivity index (χ1v) is 9.74. The molecule has 0 spiro atoms. The van der Waals surface area contributed by atoms with Gasteiger partial charge in [0.2, 0.25) is 11.8 Å². The average molecular weight is 437 g/mol. The van der Waals surface area contributed by atoms with Crippen LogP contribution >= 0.6 is 23.2 Å². The van der Waals surface area contributed by atoms with Crippen molar-refractivity contribution in [1.82, 2.24) is 4.90 Å². The highest BCUT2D eigenvalue weighted by Gasteiger charge is 2.13. The van der Waals surface area contributed by atoms with Crippen LogP contribution in [0, 0.1) is 0 Å². The van der Waals surface area contributed by atoms with Gasteiger partial charge >= 0.3 is 0 Å². The summed E-state index contributed by atoms with van der Waals surface area (Å²) in [6.45, 7) is 1.78. The summed E-state index contributed by atoms with van der Waals surface area (Å²) in [4.78, 5) is 36.9. The summed E-state index contributed by atoms with van der Waals surface area (Å²) in [5.41, 5.74) is 1.13. The van der Waals surface area contributed by atoms with Crippen molar-refractivity contribution >= 4 is 46.5 Å². The molecule has 0 unspecified atom stereocenters. The first-order chi connectivity index (χ1) is 13.8. The van der Waals surface area contributed by atoms with E-state index < -0.39 is 0 Å². The zero-order valence-electron chi connectivity index (χ0n) is 16.2. The van der Waals surface area contributed by atoms with Gasteiger partial charge in [-0.1, -0.05) is 23.2 Å². The van der Waals surface area contributed by atoms with Crippen LogP contribution in [0.1, 0.15) is 30.1 Å². The van der Waals surface area contributed by atoms with Crippen LogP contribution in [0.25, 0.3) is 0 Å². The lowest BCUT2D eigenvalue weighted by Gasteiger charge is -2.17. The predicted octanol–water partition coefficient (Wildman–Crippen LogP) is 4.45. The highest BCUT2D eigenvalue weighted by Crippen LogP contribution is 2.24. The molecule has 0 saturated heterocycles. The molecule has 0 aliphatic carbocycles. The molecule has 2 aromatic carbocycles. The summed E-state index contributed by atoms with van der Waals surface area (Å²) in [6.07, 6.45) is 0.758.